The number of aromatic amines is 1. The minimum absolute atomic E-state index is 0.0663. The van der Waals surface area contributed by atoms with Gasteiger partial charge in [0.05, 0.1) is 35.5 Å². The molecule has 5 N–H and O–H groups in total. The Kier molecular flexibility index (Phi) is 9.71. The van der Waals surface area contributed by atoms with Crippen LogP contribution in [0, 0.1) is 17.8 Å². The predicted octanol–water partition coefficient (Wildman–Crippen LogP) is 3.78. The number of phenols is 1. The molecule has 2 aromatic carbocycles. The molecule has 0 radical (unpaired) electrons. The van der Waals surface area contributed by atoms with Crippen molar-refractivity contribution in [3.63, 3.8) is 0 Å². The van der Waals surface area contributed by atoms with E-state index in [0.717, 1.165) is 18.4 Å². The molecule has 0 saturated heterocycles. The Morgan fingerprint density at radius 1 is 1.25 bits per heavy atom. The zero-order valence-corrected chi connectivity index (χ0v) is 23.6. The van der Waals surface area contributed by atoms with Gasteiger partial charge in [-0.25, -0.2) is 0 Å². The van der Waals surface area contributed by atoms with Crippen molar-refractivity contribution in [2.24, 2.45) is 5.92 Å². The van der Waals surface area contributed by atoms with Gasteiger partial charge in [-0.2, -0.15) is 0 Å². The maximum absolute atomic E-state index is 12.7. The highest BCUT2D eigenvalue weighted by molar-refractivity contribution is 6.33. The number of aliphatic hydroxyl groups excluding tert-OH is 1. The monoisotopic (exact) mass is 566 g/mol. The number of aromatic nitrogens is 1. The van der Waals surface area contributed by atoms with Crippen molar-refractivity contribution in [3.8, 4) is 23.3 Å². The van der Waals surface area contributed by atoms with Crippen LogP contribution in [-0.2, 0) is 11.3 Å². The number of anilines is 1. The van der Waals surface area contributed by atoms with E-state index in [1.54, 1.807) is 24.3 Å². The van der Waals surface area contributed by atoms with Crippen LogP contribution in [0.3, 0.4) is 0 Å². The van der Waals surface area contributed by atoms with Gasteiger partial charge in [0.2, 0.25) is 11.5 Å². The number of pyridine rings is 1. The van der Waals surface area contributed by atoms with Crippen LogP contribution < -0.4 is 20.9 Å². The van der Waals surface area contributed by atoms with Crippen molar-refractivity contribution in [2.75, 3.05) is 32.6 Å². The lowest BCUT2D eigenvalue weighted by Gasteiger charge is -2.26. The molecule has 10 heteroatoms. The standard InChI is InChI=1S/C30H35ClN4O5/c1-18-4-6-20(7-5-18)35(2)13-12-29(39)33-24-15-27(40-3)19(14-23(24)31)16-32-17-26(37)21-8-10-25(36)30-22(21)9-11-28(38)34-30/h8-11,14-15,18,20,26,32,36-37H,4,6,12-13,16-17H2,1-3H3,(H,33,39)(H,34,38)/t18-,20-,26-/m0/s1. The number of H-pyrrole nitrogens is 1. The minimum Gasteiger partial charge on any atom is -0.506 e. The van der Waals surface area contributed by atoms with Crippen molar-refractivity contribution in [1.29, 1.82) is 0 Å². The van der Waals surface area contributed by atoms with Gasteiger partial charge in [0.25, 0.3) is 0 Å². The number of nitrogens with zero attached hydrogens (tertiary/aromatic N) is 1. The molecule has 0 fully saturated rings. The number of phenolic OH excluding ortho intramolecular Hbond substituents is 1. The third-order valence-corrected chi connectivity index (χ3v) is 7.47. The number of methoxy groups -OCH3 is 1. The van der Waals surface area contributed by atoms with E-state index < -0.39 is 6.10 Å². The summed E-state index contributed by atoms with van der Waals surface area (Å²) >= 11 is 6.50. The summed E-state index contributed by atoms with van der Waals surface area (Å²) in [4.78, 5) is 29.0. The fourth-order valence-electron chi connectivity index (χ4n) is 4.79. The Morgan fingerprint density at radius 2 is 2.05 bits per heavy atom. The van der Waals surface area contributed by atoms with E-state index >= 15 is 0 Å². The smallest absolute Gasteiger partial charge is 0.248 e. The number of halogens is 1. The molecule has 0 aliphatic heterocycles. The number of amides is 1. The van der Waals surface area contributed by atoms with Crippen molar-refractivity contribution >= 4 is 34.1 Å². The summed E-state index contributed by atoms with van der Waals surface area (Å²) in [5, 5.41) is 27.9. The van der Waals surface area contributed by atoms with Gasteiger partial charge in [-0.05, 0) is 43.7 Å². The van der Waals surface area contributed by atoms with Crippen LogP contribution in [0.25, 0.3) is 10.9 Å². The molecule has 9 nitrogen and oxygen atoms in total. The summed E-state index contributed by atoms with van der Waals surface area (Å²) in [6.07, 6.45) is 1.48. The second-order valence-corrected chi connectivity index (χ2v) is 10.5. The van der Waals surface area contributed by atoms with Gasteiger partial charge >= 0.3 is 0 Å². The van der Waals surface area contributed by atoms with Crippen molar-refractivity contribution in [2.45, 2.75) is 44.9 Å². The normalized spacial score (nSPS) is 17.4. The van der Waals surface area contributed by atoms with E-state index in [4.69, 9.17) is 16.3 Å². The van der Waals surface area contributed by atoms with Gasteiger partial charge in [0, 0.05) is 55.1 Å². The highest BCUT2D eigenvalue weighted by Gasteiger charge is 2.19. The summed E-state index contributed by atoms with van der Waals surface area (Å²) in [5.74, 6) is 7.28. The third-order valence-electron chi connectivity index (χ3n) is 7.16. The summed E-state index contributed by atoms with van der Waals surface area (Å²) in [7, 11) is 3.53. The predicted molar refractivity (Wildman–Crippen MR) is 157 cm³/mol. The summed E-state index contributed by atoms with van der Waals surface area (Å²) in [5.41, 5.74) is 1.72. The van der Waals surface area contributed by atoms with Gasteiger partial charge in [-0.15, -0.1) is 0 Å². The number of aromatic hydroxyl groups is 1. The zero-order valence-electron chi connectivity index (χ0n) is 22.9. The Labute approximate surface area is 238 Å². The molecule has 3 atom stereocenters. The Morgan fingerprint density at radius 3 is 2.77 bits per heavy atom. The maximum atomic E-state index is 12.7. The van der Waals surface area contributed by atoms with Crippen LogP contribution in [0.2, 0.25) is 5.02 Å². The van der Waals surface area contributed by atoms with E-state index in [2.05, 4.69) is 39.3 Å². The van der Waals surface area contributed by atoms with Crippen LogP contribution in [0.4, 0.5) is 5.69 Å². The molecule has 0 saturated carbocycles. The number of carbonyl (C=O) groups is 1. The number of ether oxygens (including phenoxy) is 1. The second-order valence-electron chi connectivity index (χ2n) is 10.1. The lowest BCUT2D eigenvalue weighted by molar-refractivity contribution is -0.116. The number of nitrogens with one attached hydrogen (secondary N) is 3. The Balaban J connectivity index is 1.34. The van der Waals surface area contributed by atoms with E-state index in [0.29, 0.717) is 52.8 Å². The zero-order chi connectivity index (χ0) is 28.8. The van der Waals surface area contributed by atoms with Crippen molar-refractivity contribution in [1.82, 2.24) is 15.2 Å². The van der Waals surface area contributed by atoms with Gasteiger partial charge in [-0.1, -0.05) is 36.4 Å². The fraction of sp³-hybridized carbons (Fsp3) is 0.400. The fourth-order valence-corrected chi connectivity index (χ4v) is 5.02. The van der Waals surface area contributed by atoms with E-state index in [1.807, 2.05) is 7.05 Å². The summed E-state index contributed by atoms with van der Waals surface area (Å²) in [6, 6.07) is 9.58. The average Bonchev–Trinajstić information content (AvgIpc) is 2.93. The molecule has 1 heterocycles. The highest BCUT2D eigenvalue weighted by Crippen LogP contribution is 2.32. The van der Waals surface area contributed by atoms with E-state index in [-0.39, 0.29) is 35.3 Å². The van der Waals surface area contributed by atoms with Gasteiger partial charge in [-0.3, -0.25) is 14.5 Å². The number of hydrogen-bond acceptors (Lipinski definition) is 7. The lowest BCUT2D eigenvalue weighted by atomic mass is 9.96. The molecule has 212 valence electrons. The van der Waals surface area contributed by atoms with Crippen LogP contribution >= 0.6 is 11.6 Å². The molecule has 1 amide bonds. The average molecular weight is 567 g/mol. The van der Waals surface area contributed by atoms with Crippen LogP contribution in [0.5, 0.6) is 11.5 Å². The molecule has 1 aromatic heterocycles. The molecule has 3 aromatic rings. The molecule has 1 aliphatic rings. The van der Waals surface area contributed by atoms with E-state index in [1.165, 1.54) is 19.2 Å². The molecule has 4 rings (SSSR count). The largest absolute Gasteiger partial charge is 0.506 e. The number of aliphatic hydroxyl groups is 1. The molecule has 40 heavy (non-hydrogen) atoms. The van der Waals surface area contributed by atoms with Crippen LogP contribution in [0.1, 0.15) is 43.4 Å². The first-order valence-corrected chi connectivity index (χ1v) is 13.6. The first-order chi connectivity index (χ1) is 19.2. The van der Waals surface area contributed by atoms with Crippen LogP contribution in [-0.4, -0.2) is 59.3 Å². The van der Waals surface area contributed by atoms with Gasteiger partial charge < -0.3 is 30.6 Å². The minimum atomic E-state index is -0.907. The third kappa shape index (κ3) is 7.14. The quantitative estimate of drug-likeness (QED) is 0.224. The number of fused-ring (bicyclic) bond motifs is 1. The Hall–Kier alpha value is -3.55. The first-order valence-electron chi connectivity index (χ1n) is 13.3. The second kappa shape index (κ2) is 13.2. The topological polar surface area (TPSA) is 127 Å². The number of hydrogen-bond donors (Lipinski definition) is 5. The number of rotatable bonds is 11. The van der Waals surface area contributed by atoms with E-state index in [9.17, 15) is 19.8 Å². The highest BCUT2D eigenvalue weighted by atomic mass is 35.5. The molecule has 0 spiro atoms. The SMILES string of the molecule is COc1cc(NC(=O)CCN(C)[C@@H]2C#C[C@@H](C)CC2)c(Cl)cc1CNC[C@H](O)c1ccc(O)c2[nH]c(=O)ccc12. The molecule has 0 unspecified atom stereocenters. The molecular formula is C30H35ClN4O5. The summed E-state index contributed by atoms with van der Waals surface area (Å²) < 4.78 is 5.54. The summed E-state index contributed by atoms with van der Waals surface area (Å²) in [6.45, 7) is 3.25. The van der Waals surface area contributed by atoms with Crippen molar-refractivity contribution in [3.05, 3.63) is 62.9 Å². The first kappa shape index (κ1) is 29.4. The maximum Gasteiger partial charge on any atom is 0.248 e. The van der Waals surface area contributed by atoms with Crippen LogP contribution in [0.15, 0.2) is 41.2 Å². The molecule has 1 aliphatic carbocycles. The molecule has 0 bridgehead atoms. The van der Waals surface area contributed by atoms with Gasteiger partial charge in [0.1, 0.15) is 11.5 Å². The lowest BCUT2D eigenvalue weighted by Crippen LogP contribution is -2.34. The number of benzene rings is 2. The van der Waals surface area contributed by atoms with Gasteiger partial charge in [0.15, 0.2) is 0 Å². The van der Waals surface area contributed by atoms with Crippen molar-refractivity contribution < 1.29 is 19.7 Å². The Bertz CT molecular complexity index is 1500. The molecular weight excluding hydrogens is 532 g/mol. The number of carbonyl (C=O) groups excluding carboxylic acids is 1.